The number of benzene rings is 2. The van der Waals surface area contributed by atoms with E-state index in [9.17, 15) is 9.59 Å². The molecule has 0 unspecified atom stereocenters. The molecule has 4 rings (SSSR count). The van der Waals surface area contributed by atoms with E-state index in [0.29, 0.717) is 15.8 Å². The molecule has 2 aromatic rings. The lowest BCUT2D eigenvalue weighted by Gasteiger charge is -2.30. The lowest BCUT2D eigenvalue weighted by molar-refractivity contribution is -0.123. The van der Waals surface area contributed by atoms with Crippen molar-refractivity contribution in [3.05, 3.63) is 69.0 Å². The molecule has 2 amide bonds. The SMILES string of the molecule is O=C1/C(=C\c2cccc(Br)c2)SC(=S)N1CCC(=O)N1CCCc2ccccc21. The number of nitrogens with zero attached hydrogens (tertiary/aromatic N) is 2. The zero-order valence-electron chi connectivity index (χ0n) is 15.6. The highest BCUT2D eigenvalue weighted by Crippen LogP contribution is 2.33. The Morgan fingerprint density at radius 3 is 2.86 bits per heavy atom. The summed E-state index contributed by atoms with van der Waals surface area (Å²) in [7, 11) is 0. The van der Waals surface area contributed by atoms with Gasteiger partial charge in [-0.25, -0.2) is 0 Å². The van der Waals surface area contributed by atoms with E-state index in [4.69, 9.17) is 12.2 Å². The molecule has 0 aliphatic carbocycles. The highest BCUT2D eigenvalue weighted by atomic mass is 79.9. The fraction of sp³-hybridized carbons (Fsp3) is 0.227. The summed E-state index contributed by atoms with van der Waals surface area (Å²) >= 11 is 10.1. The Hall–Kier alpha value is -1.96. The molecule has 148 valence electrons. The van der Waals surface area contributed by atoms with Gasteiger partial charge in [0, 0.05) is 29.7 Å². The van der Waals surface area contributed by atoms with Gasteiger partial charge in [-0.1, -0.05) is 70.2 Å². The van der Waals surface area contributed by atoms with Crippen LogP contribution in [0.4, 0.5) is 5.69 Å². The van der Waals surface area contributed by atoms with Crippen LogP contribution < -0.4 is 4.90 Å². The quantitative estimate of drug-likeness (QED) is 0.449. The Balaban J connectivity index is 1.43. The van der Waals surface area contributed by atoms with Crippen LogP contribution in [0.2, 0.25) is 0 Å². The number of hydrogen-bond donors (Lipinski definition) is 0. The first-order valence-electron chi connectivity index (χ1n) is 9.42. The summed E-state index contributed by atoms with van der Waals surface area (Å²) < 4.78 is 1.46. The second-order valence-electron chi connectivity index (χ2n) is 6.92. The maximum absolute atomic E-state index is 12.9. The highest BCUT2D eigenvalue weighted by molar-refractivity contribution is 9.10. The maximum atomic E-state index is 12.9. The first kappa shape index (κ1) is 20.3. The molecular formula is C22H19BrN2O2S2. The number of thiocarbonyl (C=S) groups is 1. The van der Waals surface area contributed by atoms with Crippen LogP contribution in [0.5, 0.6) is 0 Å². The fourth-order valence-electron chi connectivity index (χ4n) is 3.58. The van der Waals surface area contributed by atoms with Crippen molar-refractivity contribution in [1.29, 1.82) is 0 Å². The van der Waals surface area contributed by atoms with E-state index in [0.717, 1.165) is 35.1 Å². The van der Waals surface area contributed by atoms with Gasteiger partial charge in [0.05, 0.1) is 4.91 Å². The van der Waals surface area contributed by atoms with Crippen molar-refractivity contribution in [2.75, 3.05) is 18.0 Å². The van der Waals surface area contributed by atoms with E-state index < -0.39 is 0 Å². The number of hydrogen-bond acceptors (Lipinski definition) is 4. The first-order valence-corrected chi connectivity index (χ1v) is 11.4. The molecule has 2 aromatic carbocycles. The third-order valence-electron chi connectivity index (χ3n) is 4.98. The van der Waals surface area contributed by atoms with Crippen LogP contribution in [-0.2, 0) is 16.0 Å². The lowest BCUT2D eigenvalue weighted by atomic mass is 10.0. The van der Waals surface area contributed by atoms with Crippen LogP contribution in [0.3, 0.4) is 0 Å². The van der Waals surface area contributed by atoms with Crippen molar-refractivity contribution in [3.63, 3.8) is 0 Å². The number of rotatable bonds is 4. The Kier molecular flexibility index (Phi) is 6.18. The zero-order chi connectivity index (χ0) is 20.4. The number of thioether (sulfide) groups is 1. The smallest absolute Gasteiger partial charge is 0.266 e. The van der Waals surface area contributed by atoms with Crippen LogP contribution in [0, 0.1) is 0 Å². The monoisotopic (exact) mass is 486 g/mol. The minimum absolute atomic E-state index is 0.0298. The van der Waals surface area contributed by atoms with Crippen molar-refractivity contribution < 1.29 is 9.59 Å². The van der Waals surface area contributed by atoms with Gasteiger partial charge in [0.15, 0.2) is 0 Å². The van der Waals surface area contributed by atoms with E-state index in [2.05, 4.69) is 22.0 Å². The second kappa shape index (κ2) is 8.81. The van der Waals surface area contributed by atoms with E-state index in [1.807, 2.05) is 53.4 Å². The van der Waals surface area contributed by atoms with Crippen LogP contribution in [0.1, 0.15) is 24.0 Å². The van der Waals surface area contributed by atoms with Crippen molar-refractivity contribution in [3.8, 4) is 0 Å². The number of aryl methyl sites for hydroxylation is 1. The van der Waals surface area contributed by atoms with Gasteiger partial charge in [-0.3, -0.25) is 14.5 Å². The molecule has 7 heteroatoms. The maximum Gasteiger partial charge on any atom is 0.266 e. The molecule has 0 saturated carbocycles. The van der Waals surface area contributed by atoms with Gasteiger partial charge in [-0.05, 0) is 48.2 Å². The molecule has 0 spiro atoms. The predicted octanol–water partition coefficient (Wildman–Crippen LogP) is 5.02. The van der Waals surface area contributed by atoms with Gasteiger partial charge in [0.1, 0.15) is 4.32 Å². The second-order valence-corrected chi connectivity index (χ2v) is 9.51. The summed E-state index contributed by atoms with van der Waals surface area (Å²) in [5, 5.41) is 0. The molecule has 0 atom stereocenters. The number of carbonyl (C=O) groups is 2. The lowest BCUT2D eigenvalue weighted by Crippen LogP contribution is -2.38. The van der Waals surface area contributed by atoms with E-state index in [1.165, 1.54) is 22.2 Å². The normalized spacial score (nSPS) is 17.8. The number of amides is 2. The largest absolute Gasteiger partial charge is 0.312 e. The van der Waals surface area contributed by atoms with Gasteiger partial charge in [0.25, 0.3) is 5.91 Å². The van der Waals surface area contributed by atoms with Crippen LogP contribution in [0.25, 0.3) is 6.08 Å². The van der Waals surface area contributed by atoms with Crippen molar-refractivity contribution in [2.24, 2.45) is 0 Å². The molecule has 0 N–H and O–H groups in total. The van der Waals surface area contributed by atoms with Gasteiger partial charge in [-0.15, -0.1) is 0 Å². The minimum Gasteiger partial charge on any atom is -0.312 e. The van der Waals surface area contributed by atoms with Crippen molar-refractivity contribution in [2.45, 2.75) is 19.3 Å². The average Bonchev–Trinajstić information content (AvgIpc) is 2.98. The number of fused-ring (bicyclic) bond motifs is 1. The molecule has 0 aromatic heterocycles. The summed E-state index contributed by atoms with van der Waals surface area (Å²) in [6.07, 6.45) is 4.05. The molecule has 29 heavy (non-hydrogen) atoms. The van der Waals surface area contributed by atoms with Gasteiger partial charge >= 0.3 is 0 Å². The first-order chi connectivity index (χ1) is 14.0. The van der Waals surface area contributed by atoms with Crippen LogP contribution in [-0.4, -0.2) is 34.1 Å². The van der Waals surface area contributed by atoms with Gasteiger partial charge in [0.2, 0.25) is 5.91 Å². The van der Waals surface area contributed by atoms with Crippen molar-refractivity contribution >= 4 is 67.8 Å². The molecule has 1 saturated heterocycles. The summed E-state index contributed by atoms with van der Waals surface area (Å²) in [6.45, 7) is 1.02. The van der Waals surface area contributed by atoms with E-state index in [1.54, 1.807) is 0 Å². The molecule has 1 fully saturated rings. The Morgan fingerprint density at radius 1 is 1.21 bits per heavy atom. The Morgan fingerprint density at radius 2 is 2.03 bits per heavy atom. The van der Waals surface area contributed by atoms with Crippen molar-refractivity contribution in [1.82, 2.24) is 4.90 Å². The predicted molar refractivity (Wildman–Crippen MR) is 126 cm³/mol. The highest BCUT2D eigenvalue weighted by Gasteiger charge is 2.33. The van der Waals surface area contributed by atoms with Gasteiger partial charge in [-0.2, -0.15) is 0 Å². The van der Waals surface area contributed by atoms with E-state index in [-0.39, 0.29) is 18.2 Å². The molecule has 0 radical (unpaired) electrons. The summed E-state index contributed by atoms with van der Waals surface area (Å²) in [4.78, 5) is 29.6. The molecule has 2 aliphatic heterocycles. The molecular weight excluding hydrogens is 468 g/mol. The number of halogens is 1. The Labute approximate surface area is 188 Å². The topological polar surface area (TPSA) is 40.6 Å². The van der Waals surface area contributed by atoms with Gasteiger partial charge < -0.3 is 4.90 Å². The average molecular weight is 487 g/mol. The molecule has 2 heterocycles. The molecule has 4 nitrogen and oxygen atoms in total. The minimum atomic E-state index is -0.133. The van der Waals surface area contributed by atoms with E-state index >= 15 is 0 Å². The summed E-state index contributed by atoms with van der Waals surface area (Å²) in [5.74, 6) is -0.103. The third-order valence-corrected chi connectivity index (χ3v) is 6.85. The number of carbonyl (C=O) groups excluding carboxylic acids is 2. The molecule has 2 aliphatic rings. The fourth-order valence-corrected chi connectivity index (χ4v) is 5.30. The summed E-state index contributed by atoms with van der Waals surface area (Å²) in [6, 6.07) is 15.8. The zero-order valence-corrected chi connectivity index (χ0v) is 18.9. The summed E-state index contributed by atoms with van der Waals surface area (Å²) in [5.41, 5.74) is 3.12. The number of para-hydroxylation sites is 1. The number of anilines is 1. The third kappa shape index (κ3) is 4.47. The Bertz CT molecular complexity index is 1020. The van der Waals surface area contributed by atoms with Crippen LogP contribution in [0.15, 0.2) is 57.9 Å². The van der Waals surface area contributed by atoms with Crippen LogP contribution >= 0.6 is 39.9 Å². The molecule has 0 bridgehead atoms. The standard InChI is InChI=1S/C22H19BrN2O2S2/c23-17-8-3-5-15(13-17)14-19-21(27)25(22(28)29-19)12-10-20(26)24-11-4-7-16-6-1-2-9-18(16)24/h1-3,5-6,8-9,13-14H,4,7,10-12H2/b19-14+.